The van der Waals surface area contributed by atoms with Crippen LogP contribution in [-0.4, -0.2) is 52.1 Å². The van der Waals surface area contributed by atoms with Gasteiger partial charge in [-0.1, -0.05) is 20.3 Å². The van der Waals surface area contributed by atoms with E-state index in [-0.39, 0.29) is 13.1 Å². The van der Waals surface area contributed by atoms with Gasteiger partial charge in [0.15, 0.2) is 0 Å². The fourth-order valence-corrected chi connectivity index (χ4v) is 1.67. The summed E-state index contributed by atoms with van der Waals surface area (Å²) in [6.45, 7) is 3.00. The van der Waals surface area contributed by atoms with Crippen LogP contribution in [0.15, 0.2) is 0 Å². The van der Waals surface area contributed by atoms with Gasteiger partial charge in [0.2, 0.25) is 5.91 Å². The van der Waals surface area contributed by atoms with E-state index < -0.39 is 29.8 Å². The summed E-state index contributed by atoms with van der Waals surface area (Å²) >= 11 is 0. The molecule has 0 aliphatic rings. The Hall–Kier alpha value is -1.63. The molecule has 0 rings (SSSR count). The molecular weight excluding hydrogens is 240 g/mol. The summed E-state index contributed by atoms with van der Waals surface area (Å²) in [4.78, 5) is 34.1. The summed E-state index contributed by atoms with van der Waals surface area (Å²) in [5.41, 5.74) is 5.06. The minimum absolute atomic E-state index is 0.0186. The van der Waals surface area contributed by atoms with Crippen molar-refractivity contribution in [2.75, 3.05) is 13.1 Å². The first-order valence-electron chi connectivity index (χ1n) is 5.77. The van der Waals surface area contributed by atoms with Crippen molar-refractivity contribution in [1.82, 2.24) is 4.90 Å². The van der Waals surface area contributed by atoms with Crippen molar-refractivity contribution >= 4 is 17.8 Å². The average Bonchev–Trinajstić information content (AvgIpc) is 2.23. The number of hydrogen-bond donors (Lipinski definition) is 3. The van der Waals surface area contributed by atoms with Gasteiger partial charge in [0.1, 0.15) is 6.04 Å². The van der Waals surface area contributed by atoms with E-state index in [1.165, 1.54) is 11.8 Å². The summed E-state index contributed by atoms with van der Waals surface area (Å²) in [6.07, 6.45) is 0.961. The third-order valence-electron chi connectivity index (χ3n) is 2.58. The standard InChI is InChI=1S/C11H20N2O5/c1-3-4-8(11(17)18)13(6-9(12)14)5-7(2)10(15)16/h7-8H,3-6H2,1-2H3,(H2,12,14)(H,15,16)(H,17,18). The molecule has 0 spiro atoms. The lowest BCUT2D eigenvalue weighted by molar-refractivity contribution is -0.148. The molecule has 1 amide bonds. The fourth-order valence-electron chi connectivity index (χ4n) is 1.67. The Morgan fingerprint density at radius 1 is 1.22 bits per heavy atom. The lowest BCUT2D eigenvalue weighted by Gasteiger charge is -2.28. The quantitative estimate of drug-likeness (QED) is 0.525. The smallest absolute Gasteiger partial charge is 0.320 e. The summed E-state index contributed by atoms with van der Waals surface area (Å²) in [5.74, 6) is -3.54. The summed E-state index contributed by atoms with van der Waals surface area (Å²) < 4.78 is 0. The molecule has 0 aromatic rings. The van der Waals surface area contributed by atoms with Gasteiger partial charge in [-0.25, -0.2) is 0 Å². The van der Waals surface area contributed by atoms with Crippen LogP contribution >= 0.6 is 0 Å². The van der Waals surface area contributed by atoms with Crippen LogP contribution in [0.5, 0.6) is 0 Å². The molecule has 0 radical (unpaired) electrons. The second kappa shape index (κ2) is 7.65. The number of carbonyl (C=O) groups excluding carboxylic acids is 1. The number of primary amides is 1. The van der Waals surface area contributed by atoms with Crippen molar-refractivity contribution in [1.29, 1.82) is 0 Å². The molecule has 0 aliphatic heterocycles. The molecule has 104 valence electrons. The molecule has 0 bridgehead atoms. The summed E-state index contributed by atoms with van der Waals surface area (Å²) in [6, 6.07) is -0.885. The summed E-state index contributed by atoms with van der Waals surface area (Å²) in [7, 11) is 0. The van der Waals surface area contributed by atoms with E-state index in [0.717, 1.165) is 0 Å². The van der Waals surface area contributed by atoms with E-state index in [9.17, 15) is 14.4 Å². The Labute approximate surface area is 106 Å². The molecule has 0 aromatic carbocycles. The Morgan fingerprint density at radius 3 is 2.11 bits per heavy atom. The van der Waals surface area contributed by atoms with E-state index in [0.29, 0.717) is 12.8 Å². The topological polar surface area (TPSA) is 121 Å². The molecule has 0 aliphatic carbocycles. The predicted molar refractivity (Wildman–Crippen MR) is 63.9 cm³/mol. The lowest BCUT2D eigenvalue weighted by Crippen LogP contribution is -2.48. The SMILES string of the molecule is CCCC(C(=O)O)N(CC(N)=O)CC(C)C(=O)O. The van der Waals surface area contributed by atoms with Crippen molar-refractivity contribution in [2.45, 2.75) is 32.7 Å². The minimum Gasteiger partial charge on any atom is -0.481 e. The van der Waals surface area contributed by atoms with E-state index >= 15 is 0 Å². The number of amides is 1. The van der Waals surface area contributed by atoms with E-state index in [1.54, 1.807) is 0 Å². The highest BCUT2D eigenvalue weighted by Gasteiger charge is 2.28. The second-order valence-electron chi connectivity index (χ2n) is 4.28. The van der Waals surface area contributed by atoms with Crippen LogP contribution in [0.4, 0.5) is 0 Å². The highest BCUT2D eigenvalue weighted by Crippen LogP contribution is 2.11. The first-order valence-corrected chi connectivity index (χ1v) is 5.77. The number of carboxylic acids is 2. The number of carboxylic acid groups (broad SMARTS) is 2. The first-order chi connectivity index (χ1) is 8.29. The van der Waals surface area contributed by atoms with Crippen LogP contribution in [0.3, 0.4) is 0 Å². The maximum atomic E-state index is 11.1. The molecule has 4 N–H and O–H groups in total. The molecule has 0 heterocycles. The van der Waals surface area contributed by atoms with Crippen molar-refractivity contribution in [2.24, 2.45) is 11.7 Å². The van der Waals surface area contributed by atoms with Crippen molar-refractivity contribution in [3.63, 3.8) is 0 Å². The van der Waals surface area contributed by atoms with E-state index in [1.807, 2.05) is 6.92 Å². The molecule has 7 nitrogen and oxygen atoms in total. The van der Waals surface area contributed by atoms with Crippen LogP contribution in [-0.2, 0) is 14.4 Å². The third-order valence-corrected chi connectivity index (χ3v) is 2.58. The first kappa shape index (κ1) is 16.4. The predicted octanol–water partition coefficient (Wildman–Crippen LogP) is -0.252. The van der Waals surface area contributed by atoms with Gasteiger partial charge >= 0.3 is 11.9 Å². The van der Waals surface area contributed by atoms with Gasteiger partial charge in [-0.15, -0.1) is 0 Å². The van der Waals surface area contributed by atoms with Crippen LogP contribution < -0.4 is 5.73 Å². The number of carbonyl (C=O) groups is 3. The van der Waals surface area contributed by atoms with Crippen molar-refractivity contribution < 1.29 is 24.6 Å². The summed E-state index contributed by atoms with van der Waals surface area (Å²) in [5, 5.41) is 17.9. The van der Waals surface area contributed by atoms with Gasteiger partial charge in [-0.3, -0.25) is 19.3 Å². The molecule has 0 aromatic heterocycles. The molecular formula is C11H20N2O5. The Kier molecular flexibility index (Phi) is 6.96. The normalized spacial score (nSPS) is 14.2. The van der Waals surface area contributed by atoms with Gasteiger partial charge in [0.25, 0.3) is 0 Å². The number of aliphatic carboxylic acids is 2. The van der Waals surface area contributed by atoms with E-state index in [2.05, 4.69) is 0 Å². The van der Waals surface area contributed by atoms with E-state index in [4.69, 9.17) is 15.9 Å². The van der Waals surface area contributed by atoms with Gasteiger partial charge < -0.3 is 15.9 Å². The molecule has 7 heteroatoms. The van der Waals surface area contributed by atoms with Gasteiger partial charge in [0.05, 0.1) is 12.5 Å². The number of rotatable bonds is 9. The lowest BCUT2D eigenvalue weighted by atomic mass is 10.1. The molecule has 0 saturated heterocycles. The van der Waals surface area contributed by atoms with Crippen molar-refractivity contribution in [3.05, 3.63) is 0 Å². The van der Waals surface area contributed by atoms with Gasteiger partial charge in [-0.2, -0.15) is 0 Å². The van der Waals surface area contributed by atoms with Crippen LogP contribution in [0.25, 0.3) is 0 Å². The zero-order valence-electron chi connectivity index (χ0n) is 10.6. The van der Waals surface area contributed by atoms with Crippen LogP contribution in [0.1, 0.15) is 26.7 Å². The molecule has 0 fully saturated rings. The molecule has 18 heavy (non-hydrogen) atoms. The molecule has 2 atom stereocenters. The van der Waals surface area contributed by atoms with Crippen LogP contribution in [0, 0.1) is 5.92 Å². The maximum Gasteiger partial charge on any atom is 0.320 e. The zero-order chi connectivity index (χ0) is 14.3. The van der Waals surface area contributed by atoms with Crippen LogP contribution in [0.2, 0.25) is 0 Å². The number of nitrogens with two attached hydrogens (primary N) is 1. The third kappa shape index (κ3) is 5.62. The molecule has 2 unspecified atom stereocenters. The maximum absolute atomic E-state index is 11.1. The van der Waals surface area contributed by atoms with Gasteiger partial charge in [-0.05, 0) is 6.42 Å². The highest BCUT2D eigenvalue weighted by atomic mass is 16.4. The monoisotopic (exact) mass is 260 g/mol. The fraction of sp³-hybridized carbons (Fsp3) is 0.727. The zero-order valence-corrected chi connectivity index (χ0v) is 10.6. The second-order valence-corrected chi connectivity index (χ2v) is 4.28. The largest absolute Gasteiger partial charge is 0.481 e. The minimum atomic E-state index is -1.07. The number of hydrogen-bond acceptors (Lipinski definition) is 4. The Morgan fingerprint density at radius 2 is 1.78 bits per heavy atom. The average molecular weight is 260 g/mol. The Bertz CT molecular complexity index is 319. The highest BCUT2D eigenvalue weighted by molar-refractivity contribution is 5.78. The van der Waals surface area contributed by atoms with Gasteiger partial charge in [0, 0.05) is 6.54 Å². The van der Waals surface area contributed by atoms with Crippen molar-refractivity contribution in [3.8, 4) is 0 Å². The number of nitrogens with zero attached hydrogens (tertiary/aromatic N) is 1. The Balaban J connectivity index is 4.87. The molecule has 0 saturated carbocycles.